The molecule has 0 saturated heterocycles. The molecule has 2 heterocycles. The number of hydrogen-bond acceptors (Lipinski definition) is 3. The van der Waals surface area contributed by atoms with Crippen LogP contribution in [0.25, 0.3) is 10.6 Å². The summed E-state index contributed by atoms with van der Waals surface area (Å²) in [6.07, 6.45) is 8.56. The highest BCUT2D eigenvalue weighted by atomic mass is 32.1. The average molecular weight is 247 g/mol. The van der Waals surface area contributed by atoms with Crippen molar-refractivity contribution >= 4 is 11.3 Å². The Labute approximate surface area is 105 Å². The Balaban J connectivity index is 1.86. The minimum absolute atomic E-state index is 0.403. The molecular formula is C13H17N3S. The minimum Gasteiger partial charge on any atom is -0.328 e. The molecule has 0 amide bonds. The van der Waals surface area contributed by atoms with Gasteiger partial charge in [-0.2, -0.15) is 0 Å². The molecule has 2 aromatic rings. The highest BCUT2D eigenvalue weighted by Crippen LogP contribution is 2.33. The summed E-state index contributed by atoms with van der Waals surface area (Å²) in [6.45, 7) is 0. The Bertz CT molecular complexity index is 467. The summed E-state index contributed by atoms with van der Waals surface area (Å²) < 4.78 is 2.33. The second kappa shape index (κ2) is 4.63. The van der Waals surface area contributed by atoms with E-state index in [0.717, 1.165) is 12.8 Å². The van der Waals surface area contributed by atoms with Crippen LogP contribution in [0.15, 0.2) is 30.0 Å². The van der Waals surface area contributed by atoms with Gasteiger partial charge in [-0.05, 0) is 37.1 Å². The van der Waals surface area contributed by atoms with Gasteiger partial charge in [0.1, 0.15) is 0 Å². The summed E-state index contributed by atoms with van der Waals surface area (Å²) in [6, 6.07) is 5.23. The monoisotopic (exact) mass is 247 g/mol. The molecule has 4 heteroatoms. The van der Waals surface area contributed by atoms with Gasteiger partial charge in [0.15, 0.2) is 0 Å². The van der Waals surface area contributed by atoms with E-state index in [1.54, 1.807) is 11.3 Å². The lowest BCUT2D eigenvalue weighted by Gasteiger charge is -2.28. The van der Waals surface area contributed by atoms with E-state index in [4.69, 9.17) is 5.73 Å². The normalized spacial score (nSPS) is 25.0. The van der Waals surface area contributed by atoms with Crippen molar-refractivity contribution in [3.05, 3.63) is 30.0 Å². The van der Waals surface area contributed by atoms with Gasteiger partial charge in [0.2, 0.25) is 0 Å². The lowest BCUT2D eigenvalue weighted by Crippen LogP contribution is -2.27. The number of imidazole rings is 1. The van der Waals surface area contributed by atoms with Crippen LogP contribution in [0.2, 0.25) is 0 Å². The SMILES string of the molecule is NC1CCC(n2cncc2-c2cccs2)CC1. The maximum atomic E-state index is 5.96. The van der Waals surface area contributed by atoms with E-state index in [-0.39, 0.29) is 0 Å². The molecule has 17 heavy (non-hydrogen) atoms. The molecule has 1 aliphatic carbocycles. The van der Waals surface area contributed by atoms with Crippen molar-refractivity contribution in [2.75, 3.05) is 0 Å². The highest BCUT2D eigenvalue weighted by molar-refractivity contribution is 7.13. The van der Waals surface area contributed by atoms with Crippen molar-refractivity contribution in [2.45, 2.75) is 37.8 Å². The van der Waals surface area contributed by atoms with Crippen LogP contribution in [-0.4, -0.2) is 15.6 Å². The fraction of sp³-hybridized carbons (Fsp3) is 0.462. The standard InChI is InChI=1S/C13H17N3S/c14-10-3-5-11(6-4-10)16-9-15-8-12(16)13-2-1-7-17-13/h1-2,7-11H,3-6,14H2. The first kappa shape index (κ1) is 11.0. The molecule has 3 rings (SSSR count). The molecule has 3 nitrogen and oxygen atoms in total. The number of aromatic nitrogens is 2. The van der Waals surface area contributed by atoms with Gasteiger partial charge in [-0.3, -0.25) is 0 Å². The first-order valence-electron chi connectivity index (χ1n) is 6.16. The second-order valence-electron chi connectivity index (χ2n) is 4.73. The maximum Gasteiger partial charge on any atom is 0.0953 e. The van der Waals surface area contributed by atoms with Gasteiger partial charge in [0.05, 0.1) is 23.1 Å². The maximum absolute atomic E-state index is 5.96. The van der Waals surface area contributed by atoms with E-state index < -0.39 is 0 Å². The van der Waals surface area contributed by atoms with Gasteiger partial charge in [-0.1, -0.05) is 6.07 Å². The third-order valence-electron chi connectivity index (χ3n) is 3.57. The molecule has 2 aromatic heterocycles. The Morgan fingerprint density at radius 1 is 1.29 bits per heavy atom. The third-order valence-corrected chi connectivity index (χ3v) is 4.47. The zero-order chi connectivity index (χ0) is 11.7. The second-order valence-corrected chi connectivity index (χ2v) is 5.68. The van der Waals surface area contributed by atoms with Gasteiger partial charge in [-0.25, -0.2) is 4.98 Å². The smallest absolute Gasteiger partial charge is 0.0953 e. The molecular weight excluding hydrogens is 230 g/mol. The van der Waals surface area contributed by atoms with Crippen molar-refractivity contribution in [2.24, 2.45) is 5.73 Å². The van der Waals surface area contributed by atoms with E-state index in [2.05, 4.69) is 27.1 Å². The topological polar surface area (TPSA) is 43.8 Å². The quantitative estimate of drug-likeness (QED) is 0.886. The summed E-state index contributed by atoms with van der Waals surface area (Å²) >= 11 is 1.77. The van der Waals surface area contributed by atoms with Crippen LogP contribution >= 0.6 is 11.3 Å². The summed E-state index contributed by atoms with van der Waals surface area (Å²) in [5, 5.41) is 2.11. The van der Waals surface area contributed by atoms with E-state index >= 15 is 0 Å². The predicted octanol–water partition coefficient (Wildman–Crippen LogP) is 3.05. The van der Waals surface area contributed by atoms with Crippen LogP contribution in [0.3, 0.4) is 0 Å². The number of nitrogens with zero attached hydrogens (tertiary/aromatic N) is 2. The third kappa shape index (κ3) is 2.15. The fourth-order valence-electron chi connectivity index (χ4n) is 2.59. The van der Waals surface area contributed by atoms with Gasteiger partial charge >= 0.3 is 0 Å². The molecule has 1 fully saturated rings. The van der Waals surface area contributed by atoms with Gasteiger partial charge in [0, 0.05) is 12.1 Å². The Hall–Kier alpha value is -1.13. The zero-order valence-electron chi connectivity index (χ0n) is 9.75. The minimum atomic E-state index is 0.403. The van der Waals surface area contributed by atoms with E-state index in [9.17, 15) is 0 Å². The first-order valence-corrected chi connectivity index (χ1v) is 7.04. The van der Waals surface area contributed by atoms with Crippen molar-refractivity contribution in [1.82, 2.24) is 9.55 Å². The molecule has 0 atom stereocenters. The molecule has 0 spiro atoms. The predicted molar refractivity (Wildman–Crippen MR) is 71.0 cm³/mol. The number of rotatable bonds is 2. The molecule has 1 saturated carbocycles. The van der Waals surface area contributed by atoms with Crippen molar-refractivity contribution < 1.29 is 0 Å². The molecule has 2 N–H and O–H groups in total. The lowest BCUT2D eigenvalue weighted by molar-refractivity contribution is 0.325. The summed E-state index contributed by atoms with van der Waals surface area (Å²) in [5.74, 6) is 0. The molecule has 0 bridgehead atoms. The van der Waals surface area contributed by atoms with E-state index in [1.807, 2.05) is 12.5 Å². The van der Waals surface area contributed by atoms with Crippen LogP contribution in [0, 0.1) is 0 Å². The lowest BCUT2D eigenvalue weighted by atomic mass is 9.91. The highest BCUT2D eigenvalue weighted by Gasteiger charge is 2.21. The summed E-state index contributed by atoms with van der Waals surface area (Å²) in [4.78, 5) is 5.61. The molecule has 0 unspecified atom stereocenters. The van der Waals surface area contributed by atoms with Crippen LogP contribution < -0.4 is 5.73 Å². The number of nitrogens with two attached hydrogens (primary N) is 1. The molecule has 0 aromatic carbocycles. The van der Waals surface area contributed by atoms with Crippen LogP contribution in [0.5, 0.6) is 0 Å². The molecule has 0 radical (unpaired) electrons. The average Bonchev–Trinajstić information content (AvgIpc) is 3.00. The molecule has 90 valence electrons. The van der Waals surface area contributed by atoms with E-state index in [0.29, 0.717) is 12.1 Å². The molecule has 1 aliphatic rings. The first-order chi connectivity index (χ1) is 8.34. The van der Waals surface area contributed by atoms with Gasteiger partial charge < -0.3 is 10.3 Å². The van der Waals surface area contributed by atoms with Gasteiger partial charge in [-0.15, -0.1) is 11.3 Å². The fourth-order valence-corrected chi connectivity index (χ4v) is 3.33. The Kier molecular flexibility index (Phi) is 2.99. The van der Waals surface area contributed by atoms with Crippen molar-refractivity contribution in [1.29, 1.82) is 0 Å². The largest absolute Gasteiger partial charge is 0.328 e. The van der Waals surface area contributed by atoms with Crippen molar-refractivity contribution in [3.8, 4) is 10.6 Å². The van der Waals surface area contributed by atoms with Crippen LogP contribution in [-0.2, 0) is 0 Å². The number of thiophene rings is 1. The summed E-state index contributed by atoms with van der Waals surface area (Å²) in [5.41, 5.74) is 7.21. The Morgan fingerprint density at radius 2 is 2.12 bits per heavy atom. The molecule has 0 aliphatic heterocycles. The van der Waals surface area contributed by atoms with E-state index in [1.165, 1.54) is 23.4 Å². The Morgan fingerprint density at radius 3 is 2.82 bits per heavy atom. The van der Waals surface area contributed by atoms with Crippen molar-refractivity contribution in [3.63, 3.8) is 0 Å². The zero-order valence-corrected chi connectivity index (χ0v) is 10.6. The summed E-state index contributed by atoms with van der Waals surface area (Å²) in [7, 11) is 0. The number of hydrogen-bond donors (Lipinski definition) is 1. The van der Waals surface area contributed by atoms with Crippen LogP contribution in [0.1, 0.15) is 31.7 Å². The van der Waals surface area contributed by atoms with Gasteiger partial charge in [0.25, 0.3) is 0 Å². The van der Waals surface area contributed by atoms with Crippen LogP contribution in [0.4, 0.5) is 0 Å².